The highest BCUT2D eigenvalue weighted by Gasteiger charge is 2.16. The molecule has 0 unspecified atom stereocenters. The Morgan fingerprint density at radius 3 is 2.78 bits per heavy atom. The molecule has 0 spiro atoms. The summed E-state index contributed by atoms with van der Waals surface area (Å²) in [6.45, 7) is 0.571. The van der Waals surface area contributed by atoms with Crippen molar-refractivity contribution in [3.05, 3.63) is 40.9 Å². The Bertz CT molecular complexity index is 683. The van der Waals surface area contributed by atoms with Crippen molar-refractivity contribution in [1.82, 2.24) is 5.32 Å². The minimum absolute atomic E-state index is 0.0338. The molecule has 2 rings (SSSR count). The van der Waals surface area contributed by atoms with Gasteiger partial charge in [-0.2, -0.15) is 0 Å². The molecule has 0 saturated heterocycles. The number of rotatable bonds is 7. The van der Waals surface area contributed by atoms with Crippen LogP contribution in [0.1, 0.15) is 38.5 Å². The van der Waals surface area contributed by atoms with Crippen LogP contribution in [-0.4, -0.2) is 26.6 Å². The molecule has 0 radical (unpaired) electrons. The van der Waals surface area contributed by atoms with Crippen LogP contribution >= 0.6 is 11.6 Å². The number of halogens is 1. The summed E-state index contributed by atoms with van der Waals surface area (Å²) in [4.78, 5) is 12.0. The quantitative estimate of drug-likeness (QED) is 0.761. The predicted molar refractivity (Wildman–Crippen MR) is 92.3 cm³/mol. The molecule has 1 amide bonds. The van der Waals surface area contributed by atoms with E-state index in [1.165, 1.54) is 30.5 Å². The molecule has 1 aliphatic rings. The summed E-state index contributed by atoms with van der Waals surface area (Å²) in [6, 6.07) is 6.11. The number of amides is 1. The highest BCUT2D eigenvalue weighted by atomic mass is 35.5. The Morgan fingerprint density at radius 2 is 2.09 bits per heavy atom. The molecule has 0 saturated carbocycles. The van der Waals surface area contributed by atoms with Crippen molar-refractivity contribution in [2.24, 2.45) is 0 Å². The minimum atomic E-state index is -3.48. The van der Waals surface area contributed by atoms with Crippen LogP contribution in [0.3, 0.4) is 0 Å². The lowest BCUT2D eigenvalue weighted by molar-refractivity contribution is -0.120. The number of allylic oxidation sites excluding steroid dienone is 1. The number of benzene rings is 1. The first-order chi connectivity index (χ1) is 11.0. The molecular formula is C17H22ClNO3S. The van der Waals surface area contributed by atoms with E-state index < -0.39 is 9.84 Å². The first-order valence-corrected chi connectivity index (χ1v) is 9.93. The average molecular weight is 356 g/mol. The van der Waals surface area contributed by atoms with E-state index in [9.17, 15) is 13.2 Å². The van der Waals surface area contributed by atoms with Crippen molar-refractivity contribution in [1.29, 1.82) is 0 Å². The molecule has 126 valence electrons. The second-order valence-corrected chi connectivity index (χ2v) is 8.28. The molecule has 0 atom stereocenters. The van der Waals surface area contributed by atoms with E-state index >= 15 is 0 Å². The molecule has 1 N–H and O–H groups in total. The summed E-state index contributed by atoms with van der Waals surface area (Å²) in [7, 11) is -3.48. The predicted octanol–water partition coefficient (Wildman–Crippen LogP) is 3.51. The number of sulfone groups is 1. The van der Waals surface area contributed by atoms with Gasteiger partial charge in [-0.05, 0) is 50.3 Å². The van der Waals surface area contributed by atoms with E-state index in [1.54, 1.807) is 12.1 Å². The third-order valence-electron chi connectivity index (χ3n) is 3.91. The van der Waals surface area contributed by atoms with E-state index in [4.69, 9.17) is 11.6 Å². The van der Waals surface area contributed by atoms with Crippen LogP contribution in [-0.2, 0) is 14.6 Å². The molecule has 1 aromatic carbocycles. The van der Waals surface area contributed by atoms with Crippen LogP contribution in [0.15, 0.2) is 40.8 Å². The van der Waals surface area contributed by atoms with Crippen LogP contribution in [0.25, 0.3) is 0 Å². The van der Waals surface area contributed by atoms with Crippen LogP contribution < -0.4 is 5.32 Å². The van der Waals surface area contributed by atoms with Crippen LogP contribution in [0.4, 0.5) is 0 Å². The maximum Gasteiger partial charge on any atom is 0.221 e. The molecule has 1 aliphatic carbocycles. The van der Waals surface area contributed by atoms with Crippen molar-refractivity contribution >= 4 is 27.3 Å². The summed E-state index contributed by atoms with van der Waals surface area (Å²) in [5.74, 6) is -0.436. The zero-order chi connectivity index (χ0) is 16.7. The third kappa shape index (κ3) is 5.99. The maximum atomic E-state index is 12.2. The zero-order valence-corrected chi connectivity index (χ0v) is 14.6. The molecule has 6 heteroatoms. The monoisotopic (exact) mass is 355 g/mol. The largest absolute Gasteiger partial charge is 0.356 e. The lowest BCUT2D eigenvalue weighted by Gasteiger charge is -2.13. The Labute approximate surface area is 142 Å². The lowest BCUT2D eigenvalue weighted by atomic mass is 9.97. The van der Waals surface area contributed by atoms with Gasteiger partial charge >= 0.3 is 0 Å². The van der Waals surface area contributed by atoms with Gasteiger partial charge in [0.15, 0.2) is 9.84 Å². The molecular weight excluding hydrogens is 334 g/mol. The van der Waals surface area contributed by atoms with E-state index in [0.717, 1.165) is 19.3 Å². The lowest BCUT2D eigenvalue weighted by Crippen LogP contribution is -2.27. The van der Waals surface area contributed by atoms with Gasteiger partial charge in [0.2, 0.25) is 5.91 Å². The van der Waals surface area contributed by atoms with Gasteiger partial charge in [-0.15, -0.1) is 0 Å². The number of hydrogen-bond donors (Lipinski definition) is 1. The number of nitrogens with one attached hydrogen (secondary N) is 1. The summed E-state index contributed by atoms with van der Waals surface area (Å²) in [5, 5.41) is 3.17. The summed E-state index contributed by atoms with van der Waals surface area (Å²) in [6.07, 6.45) is 7.77. The average Bonchev–Trinajstić information content (AvgIpc) is 2.54. The van der Waals surface area contributed by atoms with Crippen molar-refractivity contribution in [2.75, 3.05) is 12.3 Å². The molecule has 0 aromatic heterocycles. The van der Waals surface area contributed by atoms with E-state index in [-0.39, 0.29) is 23.0 Å². The van der Waals surface area contributed by atoms with Gasteiger partial charge in [-0.25, -0.2) is 8.42 Å². The Hall–Kier alpha value is -1.33. The Balaban J connectivity index is 1.76. The minimum Gasteiger partial charge on any atom is -0.356 e. The standard InChI is InChI=1S/C17H22ClNO3S/c18-15-7-4-8-16(13-15)23(21,22)12-10-17(20)19-11-9-14-5-2-1-3-6-14/h4-5,7-8,13H,1-3,6,9-12H2,(H,19,20). The number of hydrogen-bond acceptors (Lipinski definition) is 3. The second-order valence-electron chi connectivity index (χ2n) is 5.73. The summed E-state index contributed by atoms with van der Waals surface area (Å²) < 4.78 is 24.3. The summed E-state index contributed by atoms with van der Waals surface area (Å²) in [5.41, 5.74) is 1.39. The second kappa shape index (κ2) is 8.50. The van der Waals surface area contributed by atoms with Crippen LogP contribution in [0.2, 0.25) is 5.02 Å². The normalized spacial score (nSPS) is 15.1. The van der Waals surface area contributed by atoms with Gasteiger partial charge in [0.05, 0.1) is 10.6 Å². The van der Waals surface area contributed by atoms with Crippen LogP contribution in [0.5, 0.6) is 0 Å². The van der Waals surface area contributed by atoms with E-state index in [1.807, 2.05) is 0 Å². The smallest absolute Gasteiger partial charge is 0.221 e. The van der Waals surface area contributed by atoms with Gasteiger partial charge in [0.1, 0.15) is 0 Å². The molecule has 0 bridgehead atoms. The summed E-state index contributed by atoms with van der Waals surface area (Å²) >= 11 is 5.81. The van der Waals surface area contributed by atoms with Crippen molar-refractivity contribution < 1.29 is 13.2 Å². The van der Waals surface area contributed by atoms with Gasteiger partial charge in [-0.3, -0.25) is 4.79 Å². The number of carbonyl (C=O) groups excluding carboxylic acids is 1. The van der Waals surface area contributed by atoms with E-state index in [0.29, 0.717) is 11.6 Å². The molecule has 0 fully saturated rings. The third-order valence-corrected chi connectivity index (χ3v) is 5.86. The highest BCUT2D eigenvalue weighted by molar-refractivity contribution is 7.91. The molecule has 23 heavy (non-hydrogen) atoms. The SMILES string of the molecule is O=C(CCS(=O)(=O)c1cccc(Cl)c1)NCCC1=CCCCC1. The highest BCUT2D eigenvalue weighted by Crippen LogP contribution is 2.19. The number of carbonyl (C=O) groups is 1. The first-order valence-electron chi connectivity index (χ1n) is 7.90. The topological polar surface area (TPSA) is 63.2 Å². The van der Waals surface area contributed by atoms with Crippen molar-refractivity contribution in [3.8, 4) is 0 Å². The molecule has 0 aliphatic heterocycles. The molecule has 1 aromatic rings. The molecule has 4 nitrogen and oxygen atoms in total. The van der Waals surface area contributed by atoms with Gasteiger partial charge in [0, 0.05) is 18.0 Å². The van der Waals surface area contributed by atoms with Gasteiger partial charge < -0.3 is 5.32 Å². The van der Waals surface area contributed by atoms with Crippen molar-refractivity contribution in [2.45, 2.75) is 43.4 Å². The van der Waals surface area contributed by atoms with Crippen molar-refractivity contribution in [3.63, 3.8) is 0 Å². The van der Waals surface area contributed by atoms with Gasteiger partial charge in [-0.1, -0.05) is 29.3 Å². The fraction of sp³-hybridized carbons (Fsp3) is 0.471. The fourth-order valence-electron chi connectivity index (χ4n) is 2.59. The van der Waals surface area contributed by atoms with E-state index in [2.05, 4.69) is 11.4 Å². The Morgan fingerprint density at radius 1 is 1.26 bits per heavy atom. The van der Waals surface area contributed by atoms with Gasteiger partial charge in [0.25, 0.3) is 0 Å². The Kier molecular flexibility index (Phi) is 6.66. The molecule has 0 heterocycles. The maximum absolute atomic E-state index is 12.2. The zero-order valence-electron chi connectivity index (χ0n) is 13.1. The first kappa shape index (κ1) is 18.0. The van der Waals surface area contributed by atoms with Crippen LogP contribution in [0, 0.1) is 0 Å². The fourth-order valence-corrected chi connectivity index (χ4v) is 4.13.